The molecule has 0 unspecified atom stereocenters. The summed E-state index contributed by atoms with van der Waals surface area (Å²) < 4.78 is 0. The van der Waals surface area contributed by atoms with Gasteiger partial charge in [0.1, 0.15) is 0 Å². The third kappa shape index (κ3) is 8.70. The van der Waals surface area contributed by atoms with Gasteiger partial charge in [0.15, 0.2) is 5.96 Å². The molecule has 0 bridgehead atoms. The number of nitrogens with one attached hydrogen (secondary N) is 1. The summed E-state index contributed by atoms with van der Waals surface area (Å²) in [5.41, 5.74) is 1.02. The number of hydrogen-bond donors (Lipinski definition) is 1. The Balaban J connectivity index is 0.00000400. The number of hydrogen-bond acceptors (Lipinski definition) is 2. The maximum absolute atomic E-state index is 4.31. The first-order valence-corrected chi connectivity index (χ1v) is 7.20. The van der Waals surface area contributed by atoms with Crippen LogP contribution in [-0.2, 0) is 6.54 Å². The zero-order valence-electron chi connectivity index (χ0n) is 13.1. The maximum atomic E-state index is 4.31. The van der Waals surface area contributed by atoms with Crippen LogP contribution >= 0.6 is 24.0 Å². The summed E-state index contributed by atoms with van der Waals surface area (Å²) in [6.45, 7) is 5.46. The van der Waals surface area contributed by atoms with Crippen LogP contribution in [0.4, 0.5) is 0 Å². The third-order valence-corrected chi connectivity index (χ3v) is 3.13. The average molecular weight is 402 g/mol. The Morgan fingerprint density at radius 2 is 2.19 bits per heavy atom. The lowest BCUT2D eigenvalue weighted by molar-refractivity contribution is 0.454. The molecule has 0 aliphatic heterocycles. The highest BCUT2D eigenvalue weighted by Gasteiger charge is 2.05. The molecule has 1 heterocycles. The normalized spacial score (nSPS) is 10.7. The first kappa shape index (κ1) is 19.9. The number of allylic oxidation sites excluding steroid dienone is 1. The number of rotatable bonds is 8. The smallest absolute Gasteiger partial charge is 0.193 e. The van der Waals surface area contributed by atoms with E-state index in [0.29, 0.717) is 6.54 Å². The van der Waals surface area contributed by atoms with Crippen LogP contribution in [0.15, 0.2) is 42.0 Å². The monoisotopic (exact) mass is 402 g/mol. The van der Waals surface area contributed by atoms with Crippen molar-refractivity contribution in [3.8, 4) is 0 Å². The van der Waals surface area contributed by atoms with E-state index in [1.807, 2.05) is 37.5 Å². The molecule has 4 nitrogen and oxygen atoms in total. The summed E-state index contributed by atoms with van der Waals surface area (Å²) in [6, 6.07) is 5.93. The van der Waals surface area contributed by atoms with Crippen molar-refractivity contribution in [3.05, 3.63) is 42.7 Å². The van der Waals surface area contributed by atoms with Crippen molar-refractivity contribution in [2.24, 2.45) is 4.99 Å². The van der Waals surface area contributed by atoms with Gasteiger partial charge in [0, 0.05) is 26.8 Å². The van der Waals surface area contributed by atoms with E-state index in [9.17, 15) is 0 Å². The predicted octanol–water partition coefficient (Wildman–Crippen LogP) is 3.45. The molecule has 1 rings (SSSR count). The maximum Gasteiger partial charge on any atom is 0.193 e. The zero-order chi connectivity index (χ0) is 14.6. The molecule has 21 heavy (non-hydrogen) atoms. The molecule has 1 aromatic heterocycles. The molecule has 0 aliphatic rings. The minimum absolute atomic E-state index is 0. The van der Waals surface area contributed by atoms with Gasteiger partial charge < -0.3 is 10.2 Å². The Labute approximate surface area is 145 Å². The third-order valence-electron chi connectivity index (χ3n) is 3.13. The highest BCUT2D eigenvalue weighted by atomic mass is 127. The van der Waals surface area contributed by atoms with Crippen LogP contribution in [0, 0.1) is 0 Å². The van der Waals surface area contributed by atoms with Crippen molar-refractivity contribution in [1.29, 1.82) is 0 Å². The van der Waals surface area contributed by atoms with E-state index in [1.165, 1.54) is 19.3 Å². The lowest BCUT2D eigenvalue weighted by Crippen LogP contribution is -2.39. The molecule has 5 heteroatoms. The fourth-order valence-electron chi connectivity index (χ4n) is 1.98. The van der Waals surface area contributed by atoms with Crippen molar-refractivity contribution in [2.75, 3.05) is 20.6 Å². The van der Waals surface area contributed by atoms with Gasteiger partial charge in [-0.2, -0.15) is 0 Å². The summed E-state index contributed by atoms with van der Waals surface area (Å²) in [7, 11) is 3.89. The lowest BCUT2D eigenvalue weighted by atomic mass is 10.2. The second kappa shape index (κ2) is 12.6. The zero-order valence-corrected chi connectivity index (χ0v) is 15.4. The summed E-state index contributed by atoms with van der Waals surface area (Å²) >= 11 is 0. The topological polar surface area (TPSA) is 40.5 Å². The highest BCUT2D eigenvalue weighted by Crippen LogP contribution is 2.02. The van der Waals surface area contributed by atoms with Gasteiger partial charge in [-0.25, -0.2) is 0 Å². The number of guanidine groups is 1. The van der Waals surface area contributed by atoms with Gasteiger partial charge in [0.2, 0.25) is 0 Å². The van der Waals surface area contributed by atoms with Crippen LogP contribution < -0.4 is 5.32 Å². The summed E-state index contributed by atoms with van der Waals surface area (Å²) in [4.78, 5) is 10.8. The van der Waals surface area contributed by atoms with Crippen LogP contribution in [0.5, 0.6) is 0 Å². The fourth-order valence-corrected chi connectivity index (χ4v) is 1.98. The van der Waals surface area contributed by atoms with Crippen LogP contribution in [0.1, 0.15) is 31.4 Å². The number of halogens is 1. The van der Waals surface area contributed by atoms with E-state index in [2.05, 4.69) is 33.8 Å². The van der Waals surface area contributed by atoms with Crippen molar-refractivity contribution in [1.82, 2.24) is 15.2 Å². The second-order valence-electron chi connectivity index (χ2n) is 4.78. The molecular weight excluding hydrogens is 375 g/mol. The minimum atomic E-state index is 0. The molecule has 0 amide bonds. The van der Waals surface area contributed by atoms with Gasteiger partial charge >= 0.3 is 0 Å². The first-order chi connectivity index (χ1) is 9.77. The minimum Gasteiger partial charge on any atom is -0.351 e. The van der Waals surface area contributed by atoms with Crippen molar-refractivity contribution >= 4 is 29.9 Å². The molecule has 118 valence electrons. The summed E-state index contributed by atoms with van der Waals surface area (Å²) in [5.74, 6) is 0.916. The van der Waals surface area contributed by atoms with Gasteiger partial charge in [-0.3, -0.25) is 9.98 Å². The average Bonchev–Trinajstić information content (AvgIpc) is 2.48. The van der Waals surface area contributed by atoms with E-state index in [4.69, 9.17) is 0 Å². The molecule has 0 aromatic carbocycles. The second-order valence-corrected chi connectivity index (χ2v) is 4.78. The quantitative estimate of drug-likeness (QED) is 0.238. The van der Waals surface area contributed by atoms with E-state index in [1.54, 1.807) is 0 Å². The molecule has 0 saturated heterocycles. The van der Waals surface area contributed by atoms with E-state index >= 15 is 0 Å². The number of nitrogens with zero attached hydrogens (tertiary/aromatic N) is 3. The standard InChI is InChI=1S/C16H26N4.HI/c1-4-5-6-7-10-13-20(3)16(17-2)19-14-15-11-8-9-12-18-15;/h4,8-9,11-12H,1,5-7,10,13-14H2,2-3H3,(H,17,19);1H. The SMILES string of the molecule is C=CCCCCCN(C)C(=NC)NCc1ccccn1.I. The van der Waals surface area contributed by atoms with Crippen LogP contribution in [0.2, 0.25) is 0 Å². The van der Waals surface area contributed by atoms with Crippen molar-refractivity contribution in [3.63, 3.8) is 0 Å². The van der Waals surface area contributed by atoms with E-state index in [-0.39, 0.29) is 24.0 Å². The fraction of sp³-hybridized carbons (Fsp3) is 0.500. The largest absolute Gasteiger partial charge is 0.351 e. The summed E-state index contributed by atoms with van der Waals surface area (Å²) in [5, 5.41) is 3.33. The molecular formula is C16H27IN4. The molecule has 0 radical (unpaired) electrons. The lowest BCUT2D eigenvalue weighted by Gasteiger charge is -2.21. The molecule has 0 spiro atoms. The Bertz CT molecular complexity index is 406. The molecule has 0 saturated carbocycles. The molecule has 1 aromatic rings. The highest BCUT2D eigenvalue weighted by molar-refractivity contribution is 14.0. The Hall–Kier alpha value is -1.11. The molecule has 0 atom stereocenters. The first-order valence-electron chi connectivity index (χ1n) is 7.20. The number of pyridine rings is 1. The Morgan fingerprint density at radius 1 is 1.38 bits per heavy atom. The Kier molecular flexibility index (Phi) is 12.0. The number of aliphatic imine (C=N–C) groups is 1. The number of aromatic nitrogens is 1. The van der Waals surface area contributed by atoms with Gasteiger partial charge in [0.25, 0.3) is 0 Å². The van der Waals surface area contributed by atoms with E-state index < -0.39 is 0 Å². The van der Waals surface area contributed by atoms with Crippen LogP contribution in [-0.4, -0.2) is 36.5 Å². The van der Waals surface area contributed by atoms with Crippen molar-refractivity contribution < 1.29 is 0 Å². The predicted molar refractivity (Wildman–Crippen MR) is 101 cm³/mol. The van der Waals surface area contributed by atoms with Crippen LogP contribution in [0.3, 0.4) is 0 Å². The Morgan fingerprint density at radius 3 is 2.81 bits per heavy atom. The number of unbranched alkanes of at least 4 members (excludes halogenated alkanes) is 3. The van der Waals surface area contributed by atoms with Gasteiger partial charge in [-0.1, -0.05) is 18.6 Å². The van der Waals surface area contributed by atoms with Gasteiger partial charge in [0.05, 0.1) is 12.2 Å². The molecule has 0 aliphatic carbocycles. The summed E-state index contributed by atoms with van der Waals surface area (Å²) in [6.07, 6.45) is 8.52. The van der Waals surface area contributed by atoms with Crippen molar-refractivity contribution in [2.45, 2.75) is 32.2 Å². The van der Waals surface area contributed by atoms with E-state index in [0.717, 1.165) is 24.6 Å². The van der Waals surface area contributed by atoms with Crippen LogP contribution in [0.25, 0.3) is 0 Å². The molecule has 0 fully saturated rings. The van der Waals surface area contributed by atoms with Gasteiger partial charge in [-0.15, -0.1) is 30.6 Å². The molecule has 1 N–H and O–H groups in total. The van der Waals surface area contributed by atoms with Gasteiger partial charge in [-0.05, 0) is 31.4 Å².